The second-order valence-electron chi connectivity index (χ2n) is 5.21. The molecule has 3 nitrogen and oxygen atoms in total. The monoisotopic (exact) mass is 343 g/mol. The predicted octanol–water partition coefficient (Wildman–Crippen LogP) is 4.56. The van der Waals surface area contributed by atoms with Crippen LogP contribution in [-0.4, -0.2) is 29.7 Å². The van der Waals surface area contributed by atoms with E-state index in [4.69, 9.17) is 4.74 Å². The topological polar surface area (TPSA) is 32.7 Å². The first-order chi connectivity index (χ1) is 9.53. The number of rotatable bonds is 8. The number of hydrogen-bond acceptors (Lipinski definition) is 3. The van der Waals surface area contributed by atoms with Crippen molar-refractivity contribution in [3.05, 3.63) is 22.2 Å². The van der Waals surface area contributed by atoms with Gasteiger partial charge in [0.1, 0.15) is 0 Å². The van der Waals surface area contributed by atoms with Crippen LogP contribution in [0.2, 0.25) is 0 Å². The van der Waals surface area contributed by atoms with Crippen LogP contribution in [0.3, 0.4) is 0 Å². The molecule has 114 valence electrons. The van der Waals surface area contributed by atoms with Gasteiger partial charge in [-0.2, -0.15) is 0 Å². The zero-order chi connectivity index (χ0) is 15.1. The van der Waals surface area contributed by atoms with E-state index in [9.17, 15) is 5.11 Å². The van der Waals surface area contributed by atoms with E-state index in [0.29, 0.717) is 16.3 Å². The molecular weight excluding hydrogens is 318 g/mol. The second kappa shape index (κ2) is 8.53. The molecule has 1 aromatic rings. The van der Waals surface area contributed by atoms with Gasteiger partial charge in [-0.3, -0.25) is 4.90 Å². The molecule has 1 unspecified atom stereocenters. The molecule has 0 aliphatic rings. The minimum absolute atomic E-state index is 0.167. The van der Waals surface area contributed by atoms with Crippen LogP contribution >= 0.6 is 15.9 Å². The summed E-state index contributed by atoms with van der Waals surface area (Å²) in [6, 6.07) is 4.45. The summed E-state index contributed by atoms with van der Waals surface area (Å²) >= 11 is 3.39. The Kier molecular flexibility index (Phi) is 7.38. The molecule has 0 aromatic heterocycles. The molecule has 1 rings (SSSR count). The third-order valence-corrected chi connectivity index (χ3v) is 4.31. The minimum Gasteiger partial charge on any atom is -0.503 e. The molecule has 0 heterocycles. The second-order valence-corrected chi connectivity index (χ2v) is 6.06. The van der Waals surface area contributed by atoms with E-state index in [2.05, 4.69) is 41.6 Å². The van der Waals surface area contributed by atoms with Crippen molar-refractivity contribution in [1.82, 2.24) is 4.90 Å². The van der Waals surface area contributed by atoms with E-state index in [1.165, 1.54) is 12.8 Å². The number of halogens is 1. The first-order valence-electron chi connectivity index (χ1n) is 7.32. The molecule has 0 bridgehead atoms. The van der Waals surface area contributed by atoms with Crippen molar-refractivity contribution in [2.45, 2.75) is 52.6 Å². The number of nitrogens with zero attached hydrogens (tertiary/aromatic N) is 1. The van der Waals surface area contributed by atoms with Crippen LogP contribution in [-0.2, 0) is 6.54 Å². The number of benzene rings is 1. The average Bonchev–Trinajstić information content (AvgIpc) is 2.45. The number of unbranched alkanes of at least 4 members (excludes halogenated alkanes) is 1. The number of hydrogen-bond donors (Lipinski definition) is 1. The Morgan fingerprint density at radius 2 is 2.05 bits per heavy atom. The van der Waals surface area contributed by atoms with Crippen LogP contribution in [0.1, 0.15) is 45.6 Å². The van der Waals surface area contributed by atoms with Crippen molar-refractivity contribution < 1.29 is 9.84 Å². The maximum atomic E-state index is 9.87. The standard InChI is InChI=1S/C16H26BrNO2/c1-5-7-8-18(12(3)6-2)11-13-9-14(17)16(19)15(10-13)20-4/h9-10,12,19H,5-8,11H2,1-4H3. The highest BCUT2D eigenvalue weighted by Crippen LogP contribution is 2.35. The Labute approximate surface area is 131 Å². The molecule has 0 saturated heterocycles. The maximum absolute atomic E-state index is 9.87. The average molecular weight is 344 g/mol. The molecule has 0 radical (unpaired) electrons. The van der Waals surface area contributed by atoms with Crippen LogP contribution < -0.4 is 4.74 Å². The van der Waals surface area contributed by atoms with Crippen molar-refractivity contribution in [3.8, 4) is 11.5 Å². The fourth-order valence-corrected chi connectivity index (χ4v) is 2.67. The fraction of sp³-hybridized carbons (Fsp3) is 0.625. The summed E-state index contributed by atoms with van der Waals surface area (Å²) in [5, 5.41) is 9.87. The number of phenols is 1. The van der Waals surface area contributed by atoms with Crippen LogP contribution in [0.25, 0.3) is 0 Å². The SMILES string of the molecule is CCCCN(Cc1cc(Br)c(O)c(OC)c1)C(C)CC. The molecule has 1 atom stereocenters. The third kappa shape index (κ3) is 4.67. The lowest BCUT2D eigenvalue weighted by molar-refractivity contribution is 0.192. The third-order valence-electron chi connectivity index (χ3n) is 3.71. The summed E-state index contributed by atoms with van der Waals surface area (Å²) in [4.78, 5) is 2.49. The largest absolute Gasteiger partial charge is 0.503 e. The summed E-state index contributed by atoms with van der Waals surface area (Å²) < 4.78 is 5.90. The van der Waals surface area contributed by atoms with Gasteiger partial charge in [-0.15, -0.1) is 0 Å². The van der Waals surface area contributed by atoms with Gasteiger partial charge in [0, 0.05) is 12.6 Å². The summed E-state index contributed by atoms with van der Waals surface area (Å²) in [5.41, 5.74) is 1.16. The lowest BCUT2D eigenvalue weighted by Gasteiger charge is -2.28. The smallest absolute Gasteiger partial charge is 0.172 e. The fourth-order valence-electron chi connectivity index (χ4n) is 2.18. The Balaban J connectivity index is 2.89. The minimum atomic E-state index is 0.167. The number of ether oxygens (including phenoxy) is 1. The van der Waals surface area contributed by atoms with Gasteiger partial charge in [-0.25, -0.2) is 0 Å². The highest BCUT2D eigenvalue weighted by atomic mass is 79.9. The van der Waals surface area contributed by atoms with Gasteiger partial charge in [0.25, 0.3) is 0 Å². The molecule has 0 amide bonds. The summed E-state index contributed by atoms with van der Waals surface area (Å²) in [5.74, 6) is 0.689. The van der Waals surface area contributed by atoms with Crippen molar-refractivity contribution in [3.63, 3.8) is 0 Å². The molecule has 20 heavy (non-hydrogen) atoms. The van der Waals surface area contributed by atoms with E-state index >= 15 is 0 Å². The van der Waals surface area contributed by atoms with Crippen LogP contribution in [0.5, 0.6) is 11.5 Å². The van der Waals surface area contributed by atoms with Crippen molar-refractivity contribution in [1.29, 1.82) is 0 Å². The van der Waals surface area contributed by atoms with Gasteiger partial charge in [-0.1, -0.05) is 20.3 Å². The lowest BCUT2D eigenvalue weighted by atomic mass is 10.1. The van der Waals surface area contributed by atoms with Crippen molar-refractivity contribution >= 4 is 15.9 Å². The quantitative estimate of drug-likeness (QED) is 0.750. The van der Waals surface area contributed by atoms with E-state index < -0.39 is 0 Å². The molecule has 0 aliphatic heterocycles. The number of methoxy groups -OCH3 is 1. The summed E-state index contributed by atoms with van der Waals surface area (Å²) in [6.07, 6.45) is 3.55. The number of aromatic hydroxyl groups is 1. The maximum Gasteiger partial charge on any atom is 0.172 e. The Hall–Kier alpha value is -0.740. The summed E-state index contributed by atoms with van der Waals surface area (Å²) in [7, 11) is 1.58. The Morgan fingerprint density at radius 1 is 1.35 bits per heavy atom. The Bertz CT molecular complexity index is 423. The lowest BCUT2D eigenvalue weighted by Crippen LogP contribution is -2.33. The van der Waals surface area contributed by atoms with Gasteiger partial charge in [0.05, 0.1) is 11.6 Å². The Morgan fingerprint density at radius 3 is 2.60 bits per heavy atom. The van der Waals surface area contributed by atoms with E-state index in [1.54, 1.807) is 7.11 Å². The first-order valence-corrected chi connectivity index (χ1v) is 8.12. The normalized spacial score (nSPS) is 12.7. The van der Waals surface area contributed by atoms with E-state index in [0.717, 1.165) is 25.1 Å². The van der Waals surface area contributed by atoms with Crippen molar-refractivity contribution in [2.75, 3.05) is 13.7 Å². The van der Waals surface area contributed by atoms with Crippen molar-refractivity contribution in [2.24, 2.45) is 0 Å². The highest BCUT2D eigenvalue weighted by molar-refractivity contribution is 9.10. The summed E-state index contributed by atoms with van der Waals surface area (Å²) in [6.45, 7) is 8.69. The van der Waals surface area contributed by atoms with Gasteiger partial charge in [-0.05, 0) is 59.9 Å². The van der Waals surface area contributed by atoms with Gasteiger partial charge in [0.2, 0.25) is 0 Å². The first kappa shape index (κ1) is 17.3. The van der Waals surface area contributed by atoms with E-state index in [1.807, 2.05) is 12.1 Å². The zero-order valence-electron chi connectivity index (χ0n) is 12.9. The molecule has 4 heteroatoms. The predicted molar refractivity (Wildman–Crippen MR) is 87.4 cm³/mol. The van der Waals surface area contributed by atoms with Crippen LogP contribution in [0.4, 0.5) is 0 Å². The van der Waals surface area contributed by atoms with Gasteiger partial charge < -0.3 is 9.84 Å². The molecule has 0 fully saturated rings. The molecule has 1 N–H and O–H groups in total. The number of phenolic OH excluding ortho intramolecular Hbond substituents is 1. The highest BCUT2D eigenvalue weighted by Gasteiger charge is 2.15. The molecule has 0 saturated carbocycles. The molecule has 0 aliphatic carbocycles. The van der Waals surface area contributed by atoms with Gasteiger partial charge >= 0.3 is 0 Å². The molecular formula is C16H26BrNO2. The molecule has 0 spiro atoms. The molecule has 1 aromatic carbocycles. The zero-order valence-corrected chi connectivity index (χ0v) is 14.5. The van der Waals surface area contributed by atoms with E-state index in [-0.39, 0.29) is 5.75 Å². The van der Waals surface area contributed by atoms with Gasteiger partial charge in [0.15, 0.2) is 11.5 Å². The van der Waals surface area contributed by atoms with Crippen LogP contribution in [0.15, 0.2) is 16.6 Å². The van der Waals surface area contributed by atoms with Crippen LogP contribution in [0, 0.1) is 0 Å².